The largest absolute Gasteiger partial charge is 0.454 e. The van der Waals surface area contributed by atoms with Gasteiger partial charge in [0.2, 0.25) is 6.79 Å². The first kappa shape index (κ1) is 17.0. The van der Waals surface area contributed by atoms with Crippen LogP contribution in [0.1, 0.15) is 28.8 Å². The molecule has 4 heterocycles. The van der Waals surface area contributed by atoms with E-state index in [0.29, 0.717) is 31.0 Å². The molecule has 0 atom stereocenters. The Morgan fingerprint density at radius 3 is 2.96 bits per heavy atom. The van der Waals surface area contributed by atoms with Crippen molar-refractivity contribution >= 4 is 11.6 Å². The summed E-state index contributed by atoms with van der Waals surface area (Å²) in [5.74, 6) is 1.33. The van der Waals surface area contributed by atoms with Crippen LogP contribution in [-0.2, 0) is 10.2 Å². The Morgan fingerprint density at radius 1 is 1.21 bits per heavy atom. The molecule has 1 fully saturated rings. The third kappa shape index (κ3) is 2.86. The van der Waals surface area contributed by atoms with Crippen molar-refractivity contribution in [1.82, 2.24) is 19.9 Å². The zero-order chi connectivity index (χ0) is 19.0. The maximum absolute atomic E-state index is 12.8. The fourth-order valence-corrected chi connectivity index (χ4v) is 3.89. The number of aromatic nitrogens is 3. The van der Waals surface area contributed by atoms with Crippen molar-refractivity contribution in [3.63, 3.8) is 0 Å². The van der Waals surface area contributed by atoms with Crippen LogP contribution in [0, 0.1) is 0 Å². The van der Waals surface area contributed by atoms with E-state index in [1.54, 1.807) is 29.2 Å². The van der Waals surface area contributed by atoms with Crippen molar-refractivity contribution in [2.75, 3.05) is 26.6 Å². The second-order valence-electron chi connectivity index (χ2n) is 7.09. The van der Waals surface area contributed by atoms with Gasteiger partial charge in [0.1, 0.15) is 5.56 Å². The number of hydrogen-bond acceptors (Lipinski definition) is 6. The second kappa shape index (κ2) is 6.79. The van der Waals surface area contributed by atoms with Crippen molar-refractivity contribution in [1.29, 1.82) is 0 Å². The average molecular weight is 380 g/mol. The summed E-state index contributed by atoms with van der Waals surface area (Å²) in [5.41, 5.74) is 1.92. The molecule has 2 aliphatic rings. The molecule has 0 spiro atoms. The highest BCUT2D eigenvalue weighted by Gasteiger charge is 2.36. The lowest BCUT2D eigenvalue weighted by atomic mass is 9.74. The lowest BCUT2D eigenvalue weighted by Gasteiger charge is -2.38. The predicted octanol–water partition coefficient (Wildman–Crippen LogP) is 1.94. The summed E-state index contributed by atoms with van der Waals surface area (Å²) in [4.78, 5) is 17.1. The Labute approximate surface area is 161 Å². The molecule has 0 unspecified atom stereocenters. The van der Waals surface area contributed by atoms with Crippen molar-refractivity contribution < 1.29 is 19.0 Å². The minimum atomic E-state index is -0.217. The number of carbonyl (C=O) groups excluding carboxylic acids is 1. The maximum atomic E-state index is 12.8. The van der Waals surface area contributed by atoms with Crippen LogP contribution in [0.15, 0.2) is 42.9 Å². The van der Waals surface area contributed by atoms with Crippen LogP contribution in [-0.4, -0.2) is 47.1 Å². The van der Waals surface area contributed by atoms with Crippen LogP contribution in [0.4, 0.5) is 0 Å². The second-order valence-corrected chi connectivity index (χ2v) is 7.09. The zero-order valence-electron chi connectivity index (χ0n) is 15.3. The SMILES string of the molecule is O=C(NCC1(c2ccc3c(c2)OCO3)CCOCC1)c1cnn2cccnc12. The monoisotopic (exact) mass is 380 g/mol. The van der Waals surface area contributed by atoms with Gasteiger partial charge in [0.05, 0.1) is 6.20 Å². The van der Waals surface area contributed by atoms with Crippen LogP contribution in [0.5, 0.6) is 11.5 Å². The summed E-state index contributed by atoms with van der Waals surface area (Å²) in [6.45, 7) is 2.05. The molecule has 28 heavy (non-hydrogen) atoms. The molecule has 0 radical (unpaired) electrons. The quantitative estimate of drug-likeness (QED) is 0.744. The highest BCUT2D eigenvalue weighted by atomic mass is 16.7. The molecule has 0 aliphatic carbocycles. The highest BCUT2D eigenvalue weighted by molar-refractivity contribution is 5.99. The van der Waals surface area contributed by atoms with Crippen molar-refractivity contribution in [2.45, 2.75) is 18.3 Å². The Morgan fingerprint density at radius 2 is 2.07 bits per heavy atom. The van der Waals surface area contributed by atoms with Gasteiger partial charge in [0.25, 0.3) is 5.91 Å². The van der Waals surface area contributed by atoms with Crippen LogP contribution in [0.3, 0.4) is 0 Å². The van der Waals surface area contributed by atoms with Crippen LogP contribution < -0.4 is 14.8 Å². The number of carbonyl (C=O) groups is 1. The number of amides is 1. The predicted molar refractivity (Wildman–Crippen MR) is 99.6 cm³/mol. The number of rotatable bonds is 4. The molecule has 3 aromatic rings. The summed E-state index contributed by atoms with van der Waals surface area (Å²) in [6, 6.07) is 7.79. The average Bonchev–Trinajstić information content (AvgIpc) is 3.39. The lowest BCUT2D eigenvalue weighted by molar-refractivity contribution is 0.0486. The molecule has 1 amide bonds. The lowest BCUT2D eigenvalue weighted by Crippen LogP contribution is -2.44. The molecule has 8 nitrogen and oxygen atoms in total. The molecule has 2 aromatic heterocycles. The van der Waals surface area contributed by atoms with E-state index in [1.165, 1.54) is 0 Å². The summed E-state index contributed by atoms with van der Waals surface area (Å²) in [5, 5.41) is 7.29. The molecular weight excluding hydrogens is 360 g/mol. The van der Waals surface area contributed by atoms with E-state index < -0.39 is 0 Å². The Bertz CT molecular complexity index is 1030. The van der Waals surface area contributed by atoms with Gasteiger partial charge in [-0.1, -0.05) is 6.07 Å². The van der Waals surface area contributed by atoms with Crippen molar-refractivity contribution in [2.24, 2.45) is 0 Å². The molecule has 1 N–H and O–H groups in total. The minimum Gasteiger partial charge on any atom is -0.454 e. The van der Waals surface area contributed by atoms with Crippen LogP contribution in [0.2, 0.25) is 0 Å². The van der Waals surface area contributed by atoms with E-state index in [9.17, 15) is 4.79 Å². The van der Waals surface area contributed by atoms with Gasteiger partial charge >= 0.3 is 0 Å². The number of benzene rings is 1. The van der Waals surface area contributed by atoms with Crippen molar-refractivity contribution in [3.05, 3.63) is 54.0 Å². The standard InChI is InChI=1S/C20H20N4O4/c25-19(15-11-23-24-7-1-6-21-18(15)24)22-12-20(4-8-26-9-5-20)14-2-3-16-17(10-14)28-13-27-16/h1-3,6-7,10-11H,4-5,8-9,12-13H2,(H,22,25). The summed E-state index contributed by atoms with van der Waals surface area (Å²) >= 11 is 0. The van der Waals surface area contributed by atoms with E-state index >= 15 is 0 Å². The normalized spacial score (nSPS) is 17.6. The van der Waals surface area contributed by atoms with Gasteiger partial charge < -0.3 is 19.5 Å². The van der Waals surface area contributed by atoms with Gasteiger partial charge in [0.15, 0.2) is 17.1 Å². The van der Waals surface area contributed by atoms with E-state index in [-0.39, 0.29) is 18.1 Å². The third-order valence-electron chi connectivity index (χ3n) is 5.55. The molecule has 1 aromatic carbocycles. The van der Waals surface area contributed by atoms with Crippen molar-refractivity contribution in [3.8, 4) is 11.5 Å². The van der Waals surface area contributed by atoms with Crippen LogP contribution in [0.25, 0.3) is 5.65 Å². The minimum absolute atomic E-state index is 0.180. The molecule has 2 aliphatic heterocycles. The first-order valence-corrected chi connectivity index (χ1v) is 9.30. The van der Waals surface area contributed by atoms with Gasteiger partial charge in [-0.05, 0) is 36.6 Å². The molecular formula is C20H20N4O4. The number of nitrogens with zero attached hydrogens (tertiary/aromatic N) is 3. The summed E-state index contributed by atoms with van der Waals surface area (Å²) in [6.07, 6.45) is 6.61. The van der Waals surface area contributed by atoms with Gasteiger partial charge in [-0.25, -0.2) is 9.50 Å². The number of ether oxygens (including phenoxy) is 3. The third-order valence-corrected chi connectivity index (χ3v) is 5.55. The Kier molecular flexibility index (Phi) is 4.12. The summed E-state index contributed by atoms with van der Waals surface area (Å²) < 4.78 is 18.2. The molecule has 8 heteroatoms. The maximum Gasteiger partial charge on any atom is 0.256 e. The fraction of sp³-hybridized carbons (Fsp3) is 0.350. The van der Waals surface area contributed by atoms with E-state index in [0.717, 1.165) is 29.9 Å². The fourth-order valence-electron chi connectivity index (χ4n) is 3.89. The smallest absolute Gasteiger partial charge is 0.256 e. The Hall–Kier alpha value is -3.13. The molecule has 5 rings (SSSR count). The zero-order valence-corrected chi connectivity index (χ0v) is 15.3. The molecule has 0 bridgehead atoms. The highest BCUT2D eigenvalue weighted by Crippen LogP contribution is 2.40. The number of nitrogens with one attached hydrogen (secondary N) is 1. The van der Waals surface area contributed by atoms with Gasteiger partial charge in [-0.15, -0.1) is 0 Å². The van der Waals surface area contributed by atoms with Gasteiger partial charge in [-0.3, -0.25) is 4.79 Å². The number of fused-ring (bicyclic) bond motifs is 2. The van der Waals surface area contributed by atoms with Gasteiger partial charge in [0, 0.05) is 37.6 Å². The van der Waals surface area contributed by atoms with E-state index in [2.05, 4.69) is 21.5 Å². The topological polar surface area (TPSA) is 87.0 Å². The number of hydrogen-bond donors (Lipinski definition) is 1. The molecule has 144 valence electrons. The molecule has 0 saturated carbocycles. The van der Waals surface area contributed by atoms with E-state index in [1.807, 2.05) is 12.1 Å². The first-order chi connectivity index (χ1) is 13.8. The summed E-state index contributed by atoms with van der Waals surface area (Å²) in [7, 11) is 0. The van der Waals surface area contributed by atoms with Crippen LogP contribution >= 0.6 is 0 Å². The first-order valence-electron chi connectivity index (χ1n) is 9.30. The Balaban J connectivity index is 1.41. The molecule has 1 saturated heterocycles. The van der Waals surface area contributed by atoms with E-state index in [4.69, 9.17) is 14.2 Å². The van der Waals surface area contributed by atoms with Gasteiger partial charge in [-0.2, -0.15) is 5.10 Å².